The zero-order valence-electron chi connectivity index (χ0n) is 14.3. The number of aromatic amines is 1. The largest absolute Gasteiger partial charge is 0.347 e. The van der Waals surface area contributed by atoms with Gasteiger partial charge in [-0.1, -0.05) is 6.92 Å². The van der Waals surface area contributed by atoms with Crippen LogP contribution in [0.2, 0.25) is 0 Å². The van der Waals surface area contributed by atoms with Gasteiger partial charge in [0, 0.05) is 44.3 Å². The number of imidazole rings is 2. The van der Waals surface area contributed by atoms with Crippen LogP contribution < -0.4 is 0 Å². The van der Waals surface area contributed by atoms with E-state index in [0.29, 0.717) is 19.6 Å². The van der Waals surface area contributed by atoms with Crippen molar-refractivity contribution in [3.63, 3.8) is 0 Å². The molecular weight excluding hydrogens is 328 g/mol. The first kappa shape index (κ1) is 17.1. The Kier molecular flexibility index (Phi) is 4.75. The van der Waals surface area contributed by atoms with E-state index in [0.717, 1.165) is 12.4 Å². The van der Waals surface area contributed by atoms with Crippen LogP contribution >= 0.6 is 0 Å². The molecule has 1 saturated heterocycles. The zero-order chi connectivity index (χ0) is 17.3. The van der Waals surface area contributed by atoms with Gasteiger partial charge in [-0.05, 0) is 20.4 Å². The minimum absolute atomic E-state index is 0.0688. The van der Waals surface area contributed by atoms with Crippen LogP contribution in [0.15, 0.2) is 29.9 Å². The zero-order valence-corrected chi connectivity index (χ0v) is 15.1. The molecule has 0 spiro atoms. The number of piperazine rings is 1. The van der Waals surface area contributed by atoms with Gasteiger partial charge in [-0.3, -0.25) is 4.90 Å². The van der Waals surface area contributed by atoms with Gasteiger partial charge in [-0.25, -0.2) is 18.4 Å². The van der Waals surface area contributed by atoms with Crippen LogP contribution in [0.4, 0.5) is 0 Å². The van der Waals surface area contributed by atoms with Gasteiger partial charge in [-0.15, -0.1) is 0 Å². The number of likely N-dealkylation sites (N-methyl/N-ethyl adjacent to an activating group) is 1. The van der Waals surface area contributed by atoms with Crippen LogP contribution in [-0.2, 0) is 10.0 Å². The second-order valence-corrected chi connectivity index (χ2v) is 8.12. The van der Waals surface area contributed by atoms with E-state index in [9.17, 15) is 8.42 Å². The smallest absolute Gasteiger partial charge is 0.262 e. The summed E-state index contributed by atoms with van der Waals surface area (Å²) in [6, 6.07) is 0.106. The highest BCUT2D eigenvalue weighted by molar-refractivity contribution is 7.89. The Labute approximate surface area is 142 Å². The van der Waals surface area contributed by atoms with Crippen molar-refractivity contribution in [3.05, 3.63) is 30.7 Å². The van der Waals surface area contributed by atoms with Gasteiger partial charge in [0.15, 0.2) is 5.03 Å². The average Bonchev–Trinajstić information content (AvgIpc) is 3.25. The molecule has 2 aromatic rings. The number of nitrogens with one attached hydrogen (secondary N) is 1. The fourth-order valence-corrected chi connectivity index (χ4v) is 4.34. The Hall–Kier alpha value is -1.71. The molecule has 8 nitrogen and oxygen atoms in total. The molecule has 0 saturated carbocycles. The lowest BCUT2D eigenvalue weighted by Gasteiger charge is -2.38. The molecule has 132 valence electrons. The van der Waals surface area contributed by atoms with E-state index in [-0.39, 0.29) is 17.1 Å². The number of rotatable bonds is 5. The monoisotopic (exact) mass is 352 g/mol. The maximum Gasteiger partial charge on any atom is 0.262 e. The highest BCUT2D eigenvalue weighted by Crippen LogP contribution is 2.26. The van der Waals surface area contributed by atoms with Crippen molar-refractivity contribution in [2.75, 3.05) is 26.2 Å². The predicted molar refractivity (Wildman–Crippen MR) is 89.9 cm³/mol. The minimum atomic E-state index is -3.60. The number of nitrogens with zero attached hydrogens (tertiary/aromatic N) is 5. The Morgan fingerprint density at radius 3 is 2.71 bits per heavy atom. The molecule has 0 unspecified atom stereocenters. The molecule has 3 rings (SSSR count). The van der Waals surface area contributed by atoms with Gasteiger partial charge in [0.25, 0.3) is 10.0 Å². The summed E-state index contributed by atoms with van der Waals surface area (Å²) in [6.45, 7) is 8.41. The Morgan fingerprint density at radius 2 is 2.12 bits per heavy atom. The number of hydrogen-bond acceptors (Lipinski definition) is 5. The fraction of sp³-hybridized carbons (Fsp3) is 0.600. The molecule has 0 amide bonds. The van der Waals surface area contributed by atoms with Gasteiger partial charge >= 0.3 is 0 Å². The van der Waals surface area contributed by atoms with E-state index in [2.05, 4.69) is 26.8 Å². The van der Waals surface area contributed by atoms with E-state index in [1.54, 1.807) is 29.5 Å². The van der Waals surface area contributed by atoms with Crippen LogP contribution in [0.25, 0.3) is 0 Å². The molecule has 3 heterocycles. The van der Waals surface area contributed by atoms with Gasteiger partial charge in [0.2, 0.25) is 0 Å². The van der Waals surface area contributed by atoms with Crippen molar-refractivity contribution in [1.82, 2.24) is 28.7 Å². The lowest BCUT2D eigenvalue weighted by molar-refractivity contribution is 0.119. The molecule has 9 heteroatoms. The molecule has 0 aromatic carbocycles. The van der Waals surface area contributed by atoms with E-state index in [1.807, 2.05) is 13.8 Å². The number of H-pyrrole nitrogens is 1. The lowest BCUT2D eigenvalue weighted by Crippen LogP contribution is -2.50. The maximum absolute atomic E-state index is 12.9. The molecule has 0 radical (unpaired) electrons. The van der Waals surface area contributed by atoms with Crippen molar-refractivity contribution in [2.45, 2.75) is 37.9 Å². The third kappa shape index (κ3) is 3.11. The van der Waals surface area contributed by atoms with Crippen LogP contribution in [0.3, 0.4) is 0 Å². The normalized spacial score (nSPS) is 20.8. The molecule has 1 atom stereocenters. The van der Waals surface area contributed by atoms with E-state index >= 15 is 0 Å². The summed E-state index contributed by atoms with van der Waals surface area (Å²) in [5.74, 6) is 0.796. The van der Waals surface area contributed by atoms with Gasteiger partial charge in [0.05, 0.1) is 12.4 Å². The minimum Gasteiger partial charge on any atom is -0.347 e. The molecule has 1 aliphatic heterocycles. The second-order valence-electron chi connectivity index (χ2n) is 6.23. The molecular formula is C15H24N6O2S. The average molecular weight is 352 g/mol. The molecule has 0 bridgehead atoms. The van der Waals surface area contributed by atoms with Gasteiger partial charge in [0.1, 0.15) is 5.82 Å². The van der Waals surface area contributed by atoms with Crippen molar-refractivity contribution < 1.29 is 8.42 Å². The molecule has 1 aliphatic rings. The predicted octanol–water partition coefficient (Wildman–Crippen LogP) is 1.25. The third-order valence-corrected chi connectivity index (χ3v) is 6.22. The van der Waals surface area contributed by atoms with Crippen LogP contribution in [0.5, 0.6) is 0 Å². The Bertz CT molecular complexity index is 768. The first-order chi connectivity index (χ1) is 11.4. The SMILES string of the molecule is CCN1CCN(S(=O)(=O)c2cn(C(C)C)cn2)C[C@@H]1c1ncc[nH]1. The van der Waals surface area contributed by atoms with E-state index in [1.165, 1.54) is 4.31 Å². The Balaban J connectivity index is 1.85. The van der Waals surface area contributed by atoms with Gasteiger partial charge < -0.3 is 9.55 Å². The quantitative estimate of drug-likeness (QED) is 0.875. The standard InChI is InChI=1S/C15H24N6O2S/c1-4-19-7-8-21(9-13(19)15-16-5-6-17-15)24(22,23)14-10-20(11-18-14)12(2)3/h5-6,10-13H,4,7-9H2,1-3H3,(H,16,17)/t13-/m1/s1. The summed E-state index contributed by atoms with van der Waals surface area (Å²) in [6.07, 6.45) is 6.64. The summed E-state index contributed by atoms with van der Waals surface area (Å²) in [7, 11) is -3.60. The molecule has 1 N–H and O–H groups in total. The summed E-state index contributed by atoms with van der Waals surface area (Å²) < 4.78 is 29.2. The van der Waals surface area contributed by atoms with Crippen molar-refractivity contribution in [1.29, 1.82) is 0 Å². The molecule has 0 aliphatic carbocycles. The van der Waals surface area contributed by atoms with E-state index < -0.39 is 10.0 Å². The van der Waals surface area contributed by atoms with Crippen LogP contribution in [0, 0.1) is 0 Å². The maximum atomic E-state index is 12.9. The number of aromatic nitrogens is 4. The third-order valence-electron chi connectivity index (χ3n) is 4.47. The summed E-state index contributed by atoms with van der Waals surface area (Å²) in [4.78, 5) is 13.8. The summed E-state index contributed by atoms with van der Waals surface area (Å²) >= 11 is 0. The lowest BCUT2D eigenvalue weighted by atomic mass is 10.2. The second kappa shape index (κ2) is 6.66. The van der Waals surface area contributed by atoms with E-state index in [4.69, 9.17) is 0 Å². The molecule has 1 fully saturated rings. The van der Waals surface area contributed by atoms with Crippen LogP contribution in [-0.4, -0.2) is 63.3 Å². The summed E-state index contributed by atoms with van der Waals surface area (Å²) in [5, 5.41) is 0.111. The number of hydrogen-bond donors (Lipinski definition) is 1. The highest BCUT2D eigenvalue weighted by atomic mass is 32.2. The first-order valence-electron chi connectivity index (χ1n) is 8.20. The Morgan fingerprint density at radius 1 is 1.33 bits per heavy atom. The summed E-state index contributed by atoms with van der Waals surface area (Å²) in [5.41, 5.74) is 0. The highest BCUT2D eigenvalue weighted by Gasteiger charge is 2.36. The number of sulfonamides is 1. The van der Waals surface area contributed by atoms with Crippen molar-refractivity contribution >= 4 is 10.0 Å². The fourth-order valence-electron chi connectivity index (χ4n) is 2.98. The molecule has 2 aromatic heterocycles. The van der Waals surface area contributed by atoms with Crippen LogP contribution in [0.1, 0.15) is 38.7 Å². The molecule has 24 heavy (non-hydrogen) atoms. The van der Waals surface area contributed by atoms with Gasteiger partial charge in [-0.2, -0.15) is 4.31 Å². The van der Waals surface area contributed by atoms with Crippen molar-refractivity contribution in [2.24, 2.45) is 0 Å². The first-order valence-corrected chi connectivity index (χ1v) is 9.64. The van der Waals surface area contributed by atoms with Crippen molar-refractivity contribution in [3.8, 4) is 0 Å². The topological polar surface area (TPSA) is 87.1 Å².